The quantitative estimate of drug-likeness (QED) is 0.517. The molecule has 130 valence electrons. The highest BCUT2D eigenvalue weighted by Crippen LogP contribution is 2.22. The summed E-state index contributed by atoms with van der Waals surface area (Å²) in [5, 5.41) is 3.49. The number of nitrogens with one attached hydrogen (secondary N) is 1. The lowest BCUT2D eigenvalue weighted by Gasteiger charge is -2.07. The van der Waals surface area contributed by atoms with Gasteiger partial charge < -0.3 is 5.32 Å². The number of fused-ring (bicyclic) bond motifs is 1. The minimum Gasteiger partial charge on any atom is -0.322 e. The number of nitrogens with zero attached hydrogens (tertiary/aromatic N) is 2. The molecule has 4 aromatic rings. The summed E-state index contributed by atoms with van der Waals surface area (Å²) >= 11 is 5.85. The van der Waals surface area contributed by atoms with Crippen molar-refractivity contribution >= 4 is 46.6 Å². The third-order valence-corrected chi connectivity index (χ3v) is 4.20. The third kappa shape index (κ3) is 3.57. The maximum Gasteiger partial charge on any atom is 0.255 e. The number of para-hydroxylation sites is 1. The van der Waals surface area contributed by atoms with Crippen LogP contribution in [-0.2, 0) is 0 Å². The lowest BCUT2D eigenvalue weighted by Crippen LogP contribution is -2.11. The minimum absolute atomic E-state index is 0. The van der Waals surface area contributed by atoms with Gasteiger partial charge in [-0.2, -0.15) is 0 Å². The zero-order valence-electron chi connectivity index (χ0n) is 13.6. The monoisotopic (exact) mass is 383 g/mol. The van der Waals surface area contributed by atoms with Crippen LogP contribution < -0.4 is 5.32 Å². The SMILES string of the molecule is Cl.O=C(Nc1ccc2c(c1)ncn2-c1ccccc1)c1ccc(Cl)cc1. The highest BCUT2D eigenvalue weighted by molar-refractivity contribution is 6.30. The van der Waals surface area contributed by atoms with E-state index in [0.717, 1.165) is 16.7 Å². The fourth-order valence-corrected chi connectivity index (χ4v) is 2.82. The van der Waals surface area contributed by atoms with Crippen LogP contribution in [0.1, 0.15) is 10.4 Å². The van der Waals surface area contributed by atoms with Crippen molar-refractivity contribution in [2.45, 2.75) is 0 Å². The van der Waals surface area contributed by atoms with E-state index in [0.29, 0.717) is 16.3 Å². The van der Waals surface area contributed by atoms with E-state index in [1.54, 1.807) is 30.6 Å². The Kier molecular flexibility index (Phi) is 5.26. The summed E-state index contributed by atoms with van der Waals surface area (Å²) in [7, 11) is 0. The summed E-state index contributed by atoms with van der Waals surface area (Å²) in [6.45, 7) is 0. The second-order valence-electron chi connectivity index (χ2n) is 5.61. The van der Waals surface area contributed by atoms with Crippen LogP contribution in [0.3, 0.4) is 0 Å². The Balaban J connectivity index is 0.00000196. The second kappa shape index (κ2) is 7.60. The number of anilines is 1. The summed E-state index contributed by atoms with van der Waals surface area (Å²) in [6, 6.07) is 22.5. The van der Waals surface area contributed by atoms with Crippen LogP contribution in [0, 0.1) is 0 Å². The molecule has 0 aliphatic carbocycles. The summed E-state index contributed by atoms with van der Waals surface area (Å²) in [6.07, 6.45) is 1.78. The Morgan fingerprint density at radius 1 is 0.962 bits per heavy atom. The zero-order chi connectivity index (χ0) is 17.2. The van der Waals surface area contributed by atoms with E-state index in [1.165, 1.54) is 0 Å². The summed E-state index contributed by atoms with van der Waals surface area (Å²) in [5.74, 6) is -0.182. The Morgan fingerprint density at radius 3 is 2.42 bits per heavy atom. The molecule has 0 radical (unpaired) electrons. The molecule has 0 saturated heterocycles. The van der Waals surface area contributed by atoms with Crippen LogP contribution in [0.2, 0.25) is 5.02 Å². The molecule has 26 heavy (non-hydrogen) atoms. The van der Waals surface area contributed by atoms with E-state index in [-0.39, 0.29) is 18.3 Å². The van der Waals surface area contributed by atoms with Crippen molar-refractivity contribution in [2.75, 3.05) is 5.32 Å². The topological polar surface area (TPSA) is 46.9 Å². The predicted octanol–water partition coefficient (Wildman–Crippen LogP) is 5.35. The molecule has 4 rings (SSSR count). The van der Waals surface area contributed by atoms with Crippen molar-refractivity contribution in [2.24, 2.45) is 0 Å². The molecule has 0 unspecified atom stereocenters. The van der Waals surface area contributed by atoms with Crippen LogP contribution in [0.5, 0.6) is 0 Å². The molecular weight excluding hydrogens is 369 g/mol. The molecule has 1 N–H and O–H groups in total. The molecule has 0 fully saturated rings. The van der Waals surface area contributed by atoms with Gasteiger partial charge in [-0.15, -0.1) is 12.4 Å². The van der Waals surface area contributed by atoms with Gasteiger partial charge >= 0.3 is 0 Å². The van der Waals surface area contributed by atoms with Crippen molar-refractivity contribution in [3.63, 3.8) is 0 Å². The lowest BCUT2D eigenvalue weighted by molar-refractivity contribution is 0.102. The number of rotatable bonds is 3. The van der Waals surface area contributed by atoms with Gasteiger partial charge in [0.1, 0.15) is 6.33 Å². The Bertz CT molecular complexity index is 1040. The normalized spacial score (nSPS) is 10.3. The maximum absolute atomic E-state index is 12.3. The van der Waals surface area contributed by atoms with Crippen LogP contribution in [0.25, 0.3) is 16.7 Å². The van der Waals surface area contributed by atoms with E-state index < -0.39 is 0 Å². The van der Waals surface area contributed by atoms with Crippen LogP contribution in [-0.4, -0.2) is 15.5 Å². The van der Waals surface area contributed by atoms with E-state index in [4.69, 9.17) is 11.6 Å². The van der Waals surface area contributed by atoms with Gasteiger partial charge in [0.2, 0.25) is 0 Å². The largest absolute Gasteiger partial charge is 0.322 e. The molecule has 0 spiro atoms. The van der Waals surface area contributed by atoms with E-state index in [1.807, 2.05) is 53.1 Å². The average Bonchev–Trinajstić information content (AvgIpc) is 3.06. The van der Waals surface area contributed by atoms with Gasteiger partial charge in [-0.3, -0.25) is 9.36 Å². The molecule has 0 atom stereocenters. The van der Waals surface area contributed by atoms with Gasteiger partial charge in [0.15, 0.2) is 0 Å². The van der Waals surface area contributed by atoms with Crippen LogP contribution >= 0.6 is 24.0 Å². The molecule has 1 heterocycles. The summed E-state index contributed by atoms with van der Waals surface area (Å²) < 4.78 is 2.01. The van der Waals surface area contributed by atoms with Crippen molar-refractivity contribution in [1.29, 1.82) is 0 Å². The van der Waals surface area contributed by atoms with E-state index in [9.17, 15) is 4.79 Å². The maximum atomic E-state index is 12.3. The number of hydrogen-bond donors (Lipinski definition) is 1. The first-order valence-corrected chi connectivity index (χ1v) is 8.18. The number of carbonyl (C=O) groups excluding carboxylic acids is 1. The molecule has 1 aromatic heterocycles. The van der Waals surface area contributed by atoms with Gasteiger partial charge in [0.05, 0.1) is 11.0 Å². The fraction of sp³-hybridized carbons (Fsp3) is 0. The van der Waals surface area contributed by atoms with Gasteiger partial charge in [-0.05, 0) is 54.6 Å². The third-order valence-electron chi connectivity index (χ3n) is 3.95. The average molecular weight is 384 g/mol. The number of amides is 1. The first-order valence-electron chi connectivity index (χ1n) is 7.80. The van der Waals surface area contributed by atoms with Crippen molar-refractivity contribution in [3.8, 4) is 5.69 Å². The van der Waals surface area contributed by atoms with E-state index in [2.05, 4.69) is 10.3 Å². The minimum atomic E-state index is -0.182. The highest BCUT2D eigenvalue weighted by atomic mass is 35.5. The molecule has 0 bridgehead atoms. The molecule has 1 amide bonds. The van der Waals surface area contributed by atoms with Crippen LogP contribution in [0.15, 0.2) is 79.1 Å². The zero-order valence-corrected chi connectivity index (χ0v) is 15.2. The van der Waals surface area contributed by atoms with Crippen molar-refractivity contribution in [3.05, 3.63) is 89.7 Å². The first kappa shape index (κ1) is 18.0. The Labute approximate surface area is 161 Å². The smallest absolute Gasteiger partial charge is 0.255 e. The standard InChI is InChI=1S/C20H14ClN3O.ClH/c21-15-8-6-14(7-9-15)20(25)23-16-10-11-19-18(12-16)22-13-24(19)17-4-2-1-3-5-17;/h1-13H,(H,23,25);1H. The van der Waals surface area contributed by atoms with Gasteiger partial charge in [0, 0.05) is 22.0 Å². The number of hydrogen-bond acceptors (Lipinski definition) is 2. The van der Waals surface area contributed by atoms with Crippen molar-refractivity contribution < 1.29 is 4.79 Å². The molecular formula is C20H15Cl2N3O. The number of halogens is 2. The predicted molar refractivity (Wildman–Crippen MR) is 108 cm³/mol. The highest BCUT2D eigenvalue weighted by Gasteiger charge is 2.09. The second-order valence-corrected chi connectivity index (χ2v) is 6.05. The number of carbonyl (C=O) groups is 1. The van der Waals surface area contributed by atoms with E-state index >= 15 is 0 Å². The molecule has 6 heteroatoms. The summed E-state index contributed by atoms with van der Waals surface area (Å²) in [4.78, 5) is 16.7. The molecule has 0 aliphatic rings. The fourth-order valence-electron chi connectivity index (χ4n) is 2.69. The summed E-state index contributed by atoms with van der Waals surface area (Å²) in [5.41, 5.74) is 4.10. The number of benzene rings is 3. The Hall–Kier alpha value is -2.82. The van der Waals surface area contributed by atoms with Crippen LogP contribution in [0.4, 0.5) is 5.69 Å². The molecule has 4 nitrogen and oxygen atoms in total. The van der Waals surface area contributed by atoms with Gasteiger partial charge in [-0.25, -0.2) is 4.98 Å². The van der Waals surface area contributed by atoms with Gasteiger partial charge in [-0.1, -0.05) is 29.8 Å². The number of imidazole rings is 1. The lowest BCUT2D eigenvalue weighted by atomic mass is 10.2. The van der Waals surface area contributed by atoms with Crippen molar-refractivity contribution in [1.82, 2.24) is 9.55 Å². The molecule has 0 saturated carbocycles. The Morgan fingerprint density at radius 2 is 1.69 bits per heavy atom. The number of aromatic nitrogens is 2. The molecule has 0 aliphatic heterocycles. The first-order chi connectivity index (χ1) is 12.2. The molecule has 3 aromatic carbocycles. The van der Waals surface area contributed by atoms with Gasteiger partial charge in [0.25, 0.3) is 5.91 Å².